The third-order valence-corrected chi connectivity index (χ3v) is 5.67. The van der Waals surface area contributed by atoms with Crippen molar-refractivity contribution in [3.05, 3.63) is 24.5 Å². The highest BCUT2D eigenvalue weighted by Crippen LogP contribution is 2.31. The van der Waals surface area contributed by atoms with Gasteiger partial charge in [0.25, 0.3) is 0 Å². The fourth-order valence-corrected chi connectivity index (χ4v) is 4.22. The topological polar surface area (TPSA) is 80.1 Å². The molecule has 162 valence electrons. The Balaban J connectivity index is 1.34. The third kappa shape index (κ3) is 4.86. The first-order valence-electron chi connectivity index (χ1n) is 10.4. The lowest BCUT2D eigenvalue weighted by Gasteiger charge is -2.33. The zero-order chi connectivity index (χ0) is 21.3. The number of carbonyl (C=O) groups is 1. The van der Waals surface area contributed by atoms with Gasteiger partial charge in [0.2, 0.25) is 5.88 Å². The molecule has 0 aromatic carbocycles. The fourth-order valence-electron chi connectivity index (χ4n) is 4.02. The molecule has 3 aliphatic rings. The average Bonchev–Trinajstić information content (AvgIpc) is 3.10. The Morgan fingerprint density at radius 1 is 1.17 bits per heavy atom. The van der Waals surface area contributed by atoms with Gasteiger partial charge in [0.05, 0.1) is 12.1 Å². The Kier molecular flexibility index (Phi) is 5.86. The number of rotatable bonds is 3. The normalized spacial score (nSPS) is 24.5. The number of dihydropyridines is 1. The van der Waals surface area contributed by atoms with E-state index < -0.39 is 5.60 Å². The summed E-state index contributed by atoms with van der Waals surface area (Å²) in [6.45, 7) is 7.70. The van der Waals surface area contributed by atoms with Crippen molar-refractivity contribution in [2.24, 2.45) is 4.99 Å². The molecule has 2 saturated heterocycles. The van der Waals surface area contributed by atoms with Crippen LogP contribution in [0.4, 0.5) is 10.6 Å². The highest BCUT2D eigenvalue weighted by atomic mass is 35.5. The summed E-state index contributed by atoms with van der Waals surface area (Å²) in [5, 5.41) is 0.558. The van der Waals surface area contributed by atoms with Gasteiger partial charge in [-0.15, -0.1) is 0 Å². The summed E-state index contributed by atoms with van der Waals surface area (Å²) in [6.07, 6.45) is 7.63. The molecule has 0 N–H and O–H groups in total. The average molecular weight is 434 g/mol. The number of fused-ring (bicyclic) bond motifs is 1. The summed E-state index contributed by atoms with van der Waals surface area (Å²) in [4.78, 5) is 29.4. The monoisotopic (exact) mass is 433 g/mol. The number of anilines is 1. The Labute approximate surface area is 181 Å². The van der Waals surface area contributed by atoms with Gasteiger partial charge in [-0.05, 0) is 33.3 Å². The van der Waals surface area contributed by atoms with Gasteiger partial charge in [-0.25, -0.2) is 14.8 Å². The van der Waals surface area contributed by atoms with E-state index in [1.165, 1.54) is 6.33 Å². The first kappa shape index (κ1) is 20.9. The minimum absolute atomic E-state index is 0.00995. The first-order valence-corrected chi connectivity index (χ1v) is 10.8. The molecule has 9 heteroatoms. The molecule has 0 radical (unpaired) electrons. The van der Waals surface area contributed by atoms with Gasteiger partial charge in [-0.3, -0.25) is 4.99 Å². The van der Waals surface area contributed by atoms with Gasteiger partial charge in [0.15, 0.2) is 0 Å². The number of aliphatic imine (C=N–C) groups is 1. The van der Waals surface area contributed by atoms with Crippen LogP contribution < -0.4 is 9.64 Å². The summed E-state index contributed by atoms with van der Waals surface area (Å²) < 4.78 is 11.6. The molecule has 2 atom stereocenters. The molecule has 1 amide bonds. The lowest BCUT2D eigenvalue weighted by atomic mass is 10.1. The Bertz CT molecular complexity index is 845. The second-order valence-electron chi connectivity index (χ2n) is 8.85. The number of hydrogen-bond acceptors (Lipinski definition) is 7. The molecule has 8 nitrogen and oxygen atoms in total. The molecule has 4 rings (SSSR count). The third-order valence-electron chi connectivity index (χ3n) is 5.44. The van der Waals surface area contributed by atoms with Crippen molar-refractivity contribution in [3.8, 4) is 5.88 Å². The van der Waals surface area contributed by atoms with E-state index in [-0.39, 0.29) is 24.3 Å². The number of likely N-dealkylation sites (tertiary alicyclic amines) is 1. The number of nitrogens with zero attached hydrogens (tertiary/aromatic N) is 5. The number of hydrogen-bond donors (Lipinski definition) is 0. The van der Waals surface area contributed by atoms with Gasteiger partial charge in [0.1, 0.15) is 29.0 Å². The highest BCUT2D eigenvalue weighted by Gasteiger charge is 2.35. The Hall–Kier alpha value is -2.35. The van der Waals surface area contributed by atoms with E-state index in [0.29, 0.717) is 24.1 Å². The zero-order valence-electron chi connectivity index (χ0n) is 17.6. The SMILES string of the molecule is CC(C)(C)OC(=O)N1CCC(Oc2cc(N3CCC4N=C(Cl)C=CC43)ncn2)CC1. The van der Waals surface area contributed by atoms with E-state index in [9.17, 15) is 4.79 Å². The van der Waals surface area contributed by atoms with Crippen LogP contribution in [-0.4, -0.2) is 69.6 Å². The maximum Gasteiger partial charge on any atom is 0.410 e. The number of halogens is 1. The van der Waals surface area contributed by atoms with Crippen LogP contribution in [0, 0.1) is 0 Å². The van der Waals surface area contributed by atoms with E-state index in [1.54, 1.807) is 4.90 Å². The maximum absolute atomic E-state index is 12.2. The van der Waals surface area contributed by atoms with Crippen molar-refractivity contribution >= 4 is 28.7 Å². The molecule has 0 bridgehead atoms. The van der Waals surface area contributed by atoms with E-state index in [1.807, 2.05) is 32.9 Å². The number of amides is 1. The molecule has 2 fully saturated rings. The van der Waals surface area contributed by atoms with Crippen molar-refractivity contribution in [1.82, 2.24) is 14.9 Å². The van der Waals surface area contributed by atoms with Crippen LogP contribution in [-0.2, 0) is 4.74 Å². The molecule has 1 aromatic heterocycles. The van der Waals surface area contributed by atoms with Crippen molar-refractivity contribution in [2.45, 2.75) is 63.8 Å². The lowest BCUT2D eigenvalue weighted by Crippen LogP contribution is -2.44. The van der Waals surface area contributed by atoms with Crippen molar-refractivity contribution in [2.75, 3.05) is 24.5 Å². The minimum Gasteiger partial charge on any atom is -0.474 e. The fraction of sp³-hybridized carbons (Fsp3) is 0.619. The van der Waals surface area contributed by atoms with Crippen molar-refractivity contribution in [1.29, 1.82) is 0 Å². The molecule has 4 heterocycles. The van der Waals surface area contributed by atoms with Crippen LogP contribution >= 0.6 is 11.6 Å². The predicted octanol–water partition coefficient (Wildman–Crippen LogP) is 3.41. The Morgan fingerprint density at radius 3 is 2.67 bits per heavy atom. The van der Waals surface area contributed by atoms with Crippen LogP contribution in [0.1, 0.15) is 40.0 Å². The number of aromatic nitrogens is 2. The van der Waals surface area contributed by atoms with E-state index >= 15 is 0 Å². The van der Waals surface area contributed by atoms with Crippen molar-refractivity contribution in [3.63, 3.8) is 0 Å². The number of carbonyl (C=O) groups excluding carboxylic acids is 1. The summed E-state index contributed by atoms with van der Waals surface area (Å²) in [5.74, 6) is 1.39. The van der Waals surface area contributed by atoms with Gasteiger partial charge < -0.3 is 19.3 Å². The summed E-state index contributed by atoms with van der Waals surface area (Å²) in [7, 11) is 0. The van der Waals surface area contributed by atoms with Crippen LogP contribution in [0.3, 0.4) is 0 Å². The van der Waals surface area contributed by atoms with Crippen molar-refractivity contribution < 1.29 is 14.3 Å². The molecular weight excluding hydrogens is 406 g/mol. The second kappa shape index (κ2) is 8.41. The first-order chi connectivity index (χ1) is 14.3. The molecule has 3 aliphatic heterocycles. The van der Waals surface area contributed by atoms with E-state index in [0.717, 1.165) is 31.6 Å². The van der Waals surface area contributed by atoms with Gasteiger partial charge >= 0.3 is 6.09 Å². The standard InChI is InChI=1S/C21H28ClN5O3/c1-21(2,3)30-20(28)26-9-6-14(7-10-26)29-19-12-18(23-13-24-19)27-11-8-15-16(27)4-5-17(22)25-15/h4-5,12-16H,6-11H2,1-3H3. The largest absolute Gasteiger partial charge is 0.474 e. The van der Waals surface area contributed by atoms with Crippen LogP contribution in [0.15, 0.2) is 29.5 Å². The van der Waals surface area contributed by atoms with E-state index in [4.69, 9.17) is 21.1 Å². The van der Waals surface area contributed by atoms with Gasteiger partial charge in [-0.1, -0.05) is 17.7 Å². The molecule has 0 saturated carbocycles. The summed E-state index contributed by atoms with van der Waals surface area (Å²) in [5.41, 5.74) is -0.486. The van der Waals surface area contributed by atoms with E-state index in [2.05, 4.69) is 25.9 Å². The Morgan fingerprint density at radius 2 is 1.93 bits per heavy atom. The molecule has 2 unspecified atom stereocenters. The second-order valence-corrected chi connectivity index (χ2v) is 9.24. The quantitative estimate of drug-likeness (QED) is 0.726. The van der Waals surface area contributed by atoms with Crippen LogP contribution in [0.2, 0.25) is 0 Å². The maximum atomic E-state index is 12.2. The highest BCUT2D eigenvalue weighted by molar-refractivity contribution is 6.68. The smallest absolute Gasteiger partial charge is 0.410 e. The molecular formula is C21H28ClN5O3. The predicted molar refractivity (Wildman–Crippen MR) is 115 cm³/mol. The van der Waals surface area contributed by atoms with Crippen LogP contribution in [0.5, 0.6) is 5.88 Å². The van der Waals surface area contributed by atoms with Crippen LogP contribution in [0.25, 0.3) is 0 Å². The minimum atomic E-state index is -0.486. The zero-order valence-corrected chi connectivity index (χ0v) is 18.4. The van der Waals surface area contributed by atoms with Gasteiger partial charge in [0, 0.05) is 38.5 Å². The van der Waals surface area contributed by atoms with Gasteiger partial charge in [-0.2, -0.15) is 0 Å². The summed E-state index contributed by atoms with van der Waals surface area (Å²) >= 11 is 6.04. The molecule has 0 spiro atoms. The lowest BCUT2D eigenvalue weighted by molar-refractivity contribution is 0.0123. The number of piperidine rings is 1. The summed E-state index contributed by atoms with van der Waals surface area (Å²) in [6, 6.07) is 2.21. The molecule has 0 aliphatic carbocycles. The molecule has 30 heavy (non-hydrogen) atoms. The molecule has 1 aromatic rings. The number of allylic oxidation sites excluding steroid dienone is 1. The number of ether oxygens (including phenoxy) is 2.